The Balaban J connectivity index is 1.74. The van der Waals surface area contributed by atoms with Crippen molar-refractivity contribution < 1.29 is 9.59 Å². The van der Waals surface area contributed by atoms with Crippen LogP contribution in [0.1, 0.15) is 31.8 Å². The molecule has 0 bridgehead atoms. The first kappa shape index (κ1) is 22.3. The monoisotopic (exact) mass is 474 g/mol. The molecule has 150 valence electrons. The van der Waals surface area contributed by atoms with Crippen LogP contribution in [0, 0.1) is 0 Å². The summed E-state index contributed by atoms with van der Waals surface area (Å²) in [5, 5.41) is 1.53. The number of carbonyl (C=O) groups is 2. The van der Waals surface area contributed by atoms with Gasteiger partial charge >= 0.3 is 0 Å². The number of benzene rings is 3. The van der Waals surface area contributed by atoms with Crippen molar-refractivity contribution in [3.05, 3.63) is 115 Å². The molecule has 0 aliphatic rings. The molecule has 0 aromatic heterocycles. The second-order valence-electron chi connectivity index (χ2n) is 6.31. The zero-order valence-electron chi connectivity index (χ0n) is 15.4. The highest BCUT2D eigenvalue weighted by atomic mass is 35.5. The van der Waals surface area contributed by atoms with Crippen molar-refractivity contribution in [1.29, 1.82) is 0 Å². The largest absolute Gasteiger partial charge is 0.289 e. The number of halogens is 4. The Kier molecular flexibility index (Phi) is 7.52. The topological polar surface area (TPSA) is 34.1 Å². The van der Waals surface area contributed by atoms with Gasteiger partial charge in [0.2, 0.25) is 0 Å². The predicted octanol–water partition coefficient (Wildman–Crippen LogP) is 8.09. The molecular weight excluding hydrogens is 462 g/mol. The van der Waals surface area contributed by atoms with Gasteiger partial charge in [0.25, 0.3) is 0 Å². The fourth-order valence-electron chi connectivity index (χ4n) is 2.67. The molecule has 0 heterocycles. The molecule has 0 radical (unpaired) electrons. The van der Waals surface area contributed by atoms with Crippen LogP contribution in [0.4, 0.5) is 0 Å². The summed E-state index contributed by atoms with van der Waals surface area (Å²) in [6.07, 6.45) is 6.25. The summed E-state index contributed by atoms with van der Waals surface area (Å²) >= 11 is 23.9. The van der Waals surface area contributed by atoms with E-state index in [-0.39, 0.29) is 11.6 Å². The third-order valence-electron chi connectivity index (χ3n) is 4.16. The first-order chi connectivity index (χ1) is 14.3. The minimum Gasteiger partial charge on any atom is -0.289 e. The fourth-order valence-corrected chi connectivity index (χ4v) is 3.67. The Labute approximate surface area is 194 Å². The number of hydrogen-bond acceptors (Lipinski definition) is 2. The lowest BCUT2D eigenvalue weighted by Gasteiger charge is -2.01. The highest BCUT2D eigenvalue weighted by Gasteiger charge is 2.09. The number of ketones is 2. The van der Waals surface area contributed by atoms with Gasteiger partial charge < -0.3 is 0 Å². The van der Waals surface area contributed by atoms with E-state index in [0.29, 0.717) is 31.2 Å². The molecule has 0 amide bonds. The van der Waals surface area contributed by atoms with Crippen LogP contribution >= 0.6 is 46.4 Å². The maximum Gasteiger partial charge on any atom is 0.187 e. The highest BCUT2D eigenvalue weighted by Crippen LogP contribution is 2.23. The second-order valence-corrected chi connectivity index (χ2v) is 8.00. The molecule has 3 aromatic rings. The molecule has 3 rings (SSSR count). The summed E-state index contributed by atoms with van der Waals surface area (Å²) in [5.41, 5.74) is 2.35. The van der Waals surface area contributed by atoms with Crippen LogP contribution in [0.5, 0.6) is 0 Å². The third-order valence-corrected chi connectivity index (χ3v) is 5.25. The van der Waals surface area contributed by atoms with Crippen LogP contribution < -0.4 is 0 Å². The molecule has 0 N–H and O–H groups in total. The van der Waals surface area contributed by atoms with Crippen LogP contribution in [0.25, 0.3) is 12.2 Å². The molecule has 3 aromatic carbocycles. The number of carbonyl (C=O) groups excluding carboxylic acids is 2. The average Bonchev–Trinajstić information content (AvgIpc) is 2.70. The lowest BCUT2D eigenvalue weighted by molar-refractivity contribution is 0.104. The molecule has 0 fully saturated rings. The van der Waals surface area contributed by atoms with Crippen molar-refractivity contribution in [2.45, 2.75) is 0 Å². The van der Waals surface area contributed by atoms with E-state index in [1.165, 1.54) is 24.3 Å². The van der Waals surface area contributed by atoms with E-state index in [2.05, 4.69) is 0 Å². The summed E-state index contributed by atoms with van der Waals surface area (Å²) in [5.74, 6) is -0.463. The van der Waals surface area contributed by atoms with Crippen molar-refractivity contribution in [3.63, 3.8) is 0 Å². The van der Waals surface area contributed by atoms with Gasteiger partial charge in [0.1, 0.15) is 0 Å². The van der Waals surface area contributed by atoms with Gasteiger partial charge in [0, 0.05) is 21.2 Å². The zero-order chi connectivity index (χ0) is 21.7. The Hall–Kier alpha value is -2.36. The first-order valence-corrected chi connectivity index (χ1v) is 10.3. The molecule has 0 saturated heterocycles. The van der Waals surface area contributed by atoms with Crippen LogP contribution in [0.3, 0.4) is 0 Å². The van der Waals surface area contributed by atoms with Gasteiger partial charge in [0.15, 0.2) is 11.6 Å². The molecule has 0 unspecified atom stereocenters. The van der Waals surface area contributed by atoms with Crippen LogP contribution in [-0.4, -0.2) is 11.6 Å². The summed E-state index contributed by atoms with van der Waals surface area (Å²) in [6, 6.07) is 16.8. The molecule has 0 atom stereocenters. The average molecular weight is 476 g/mol. The SMILES string of the molecule is O=C(C=Cc1cccc(C=CC(=O)c2ccc(Cl)cc2Cl)c1)c1ccc(Cl)cc1Cl. The zero-order valence-corrected chi connectivity index (χ0v) is 18.4. The van der Waals surface area contributed by atoms with E-state index in [1.807, 2.05) is 24.3 Å². The highest BCUT2D eigenvalue weighted by molar-refractivity contribution is 6.38. The van der Waals surface area contributed by atoms with E-state index >= 15 is 0 Å². The lowest BCUT2D eigenvalue weighted by atomic mass is 10.1. The predicted molar refractivity (Wildman–Crippen MR) is 126 cm³/mol. The fraction of sp³-hybridized carbons (Fsp3) is 0. The van der Waals surface area contributed by atoms with Crippen molar-refractivity contribution >= 4 is 70.1 Å². The van der Waals surface area contributed by atoms with Gasteiger partial charge in [-0.3, -0.25) is 9.59 Å². The minimum absolute atomic E-state index is 0.231. The Morgan fingerprint density at radius 3 is 1.43 bits per heavy atom. The van der Waals surface area contributed by atoms with Crippen molar-refractivity contribution in [3.8, 4) is 0 Å². The third kappa shape index (κ3) is 5.84. The van der Waals surface area contributed by atoms with Gasteiger partial charge in [-0.1, -0.05) is 76.8 Å². The van der Waals surface area contributed by atoms with Crippen LogP contribution in [-0.2, 0) is 0 Å². The number of rotatable bonds is 6. The molecule has 30 heavy (non-hydrogen) atoms. The van der Waals surface area contributed by atoms with Crippen LogP contribution in [0.2, 0.25) is 20.1 Å². The quantitative estimate of drug-likeness (QED) is 0.266. The molecular formula is C24H14Cl4O2. The standard InChI is InChI=1S/C24H14Cl4O2/c25-17-6-8-19(21(27)13-17)23(29)10-4-15-2-1-3-16(12-15)5-11-24(30)20-9-7-18(26)14-22(20)28/h1-14H. The lowest BCUT2D eigenvalue weighted by Crippen LogP contribution is -1.95. The maximum absolute atomic E-state index is 12.4. The summed E-state index contributed by atoms with van der Waals surface area (Å²) in [4.78, 5) is 24.7. The molecule has 0 aliphatic heterocycles. The molecule has 2 nitrogen and oxygen atoms in total. The van der Waals surface area contributed by atoms with Gasteiger partial charge in [0.05, 0.1) is 10.0 Å². The van der Waals surface area contributed by atoms with E-state index < -0.39 is 0 Å². The van der Waals surface area contributed by atoms with E-state index in [4.69, 9.17) is 46.4 Å². The summed E-state index contributed by atoms with van der Waals surface area (Å²) in [6.45, 7) is 0. The van der Waals surface area contributed by atoms with Crippen molar-refractivity contribution in [2.75, 3.05) is 0 Å². The van der Waals surface area contributed by atoms with Crippen molar-refractivity contribution in [2.24, 2.45) is 0 Å². The smallest absolute Gasteiger partial charge is 0.187 e. The molecule has 6 heteroatoms. The Bertz CT molecular complexity index is 1090. The van der Waals surface area contributed by atoms with Gasteiger partial charge in [-0.15, -0.1) is 0 Å². The Morgan fingerprint density at radius 2 is 1.03 bits per heavy atom. The van der Waals surface area contributed by atoms with Crippen LogP contribution in [0.15, 0.2) is 72.8 Å². The second kappa shape index (κ2) is 10.1. The Morgan fingerprint density at radius 1 is 0.600 bits per heavy atom. The molecule has 0 spiro atoms. The molecule has 0 aliphatic carbocycles. The van der Waals surface area contributed by atoms with E-state index in [9.17, 15) is 9.59 Å². The number of allylic oxidation sites excluding steroid dienone is 2. The van der Waals surface area contributed by atoms with Gasteiger partial charge in [-0.25, -0.2) is 0 Å². The molecule has 0 saturated carbocycles. The summed E-state index contributed by atoms with van der Waals surface area (Å²) < 4.78 is 0. The van der Waals surface area contributed by atoms with Gasteiger partial charge in [-0.2, -0.15) is 0 Å². The van der Waals surface area contributed by atoms with E-state index in [1.54, 1.807) is 36.4 Å². The van der Waals surface area contributed by atoms with Crippen molar-refractivity contribution in [1.82, 2.24) is 0 Å². The van der Waals surface area contributed by atoms with Gasteiger partial charge in [-0.05, 0) is 65.7 Å². The first-order valence-electron chi connectivity index (χ1n) is 8.78. The minimum atomic E-state index is -0.231. The number of hydrogen-bond donors (Lipinski definition) is 0. The summed E-state index contributed by atoms with van der Waals surface area (Å²) in [7, 11) is 0. The normalized spacial score (nSPS) is 11.3. The maximum atomic E-state index is 12.4. The van der Waals surface area contributed by atoms with E-state index in [0.717, 1.165) is 11.1 Å².